The first-order valence-electron chi connectivity index (χ1n) is 24.2. The Hall–Kier alpha value is -7.38. The fourth-order valence-corrected chi connectivity index (χ4v) is 11.6. The summed E-state index contributed by atoms with van der Waals surface area (Å²) < 4.78 is 0. The molecule has 4 aromatic heterocycles. The van der Waals surface area contributed by atoms with Crippen LogP contribution < -0.4 is 29.8 Å². The van der Waals surface area contributed by atoms with Gasteiger partial charge in [0.15, 0.2) is 0 Å². The number of aryl methyl sites for hydroxylation is 4. The van der Waals surface area contributed by atoms with Crippen LogP contribution in [0.3, 0.4) is 0 Å². The summed E-state index contributed by atoms with van der Waals surface area (Å²) in [6.07, 6.45) is 7.23. The standard InChI is InChI=1S/2C31H24N5.2Pt/c2*1-20-9-11-24-25-12-10-21(2)17-27(25)31(26(24)16-20,29-13-15-33-34-29)22-6-4-7-23(18-22)36-19-35(3)28-8-5-14-32-30(28)36;;/h2*4-17,19H,1-3H3;;/q2*-3;;. The molecule has 10 aromatic rings. The van der Waals surface area contributed by atoms with E-state index in [-0.39, 0.29) is 42.1 Å². The van der Waals surface area contributed by atoms with Crippen LogP contribution in [-0.4, -0.2) is 34.3 Å². The Bertz CT molecular complexity index is 3390. The van der Waals surface area contributed by atoms with E-state index in [9.17, 15) is 0 Å². The third-order valence-corrected chi connectivity index (χ3v) is 14.8. The van der Waals surface area contributed by atoms with Crippen molar-refractivity contribution in [2.75, 3.05) is 33.7 Å². The average Bonchev–Trinajstić information content (AvgIpc) is 4.28. The van der Waals surface area contributed by atoms with Crippen molar-refractivity contribution >= 4 is 34.4 Å². The van der Waals surface area contributed by atoms with Gasteiger partial charge in [0.05, 0.1) is 10.8 Å². The molecular formula is C62H48N10Pt2-6. The van der Waals surface area contributed by atoms with Gasteiger partial charge in [0.25, 0.3) is 0 Å². The molecule has 0 saturated carbocycles. The van der Waals surface area contributed by atoms with Gasteiger partial charge in [0, 0.05) is 77.3 Å². The Morgan fingerprint density at radius 1 is 0.446 bits per heavy atom. The molecule has 0 spiro atoms. The molecule has 0 N–H and O–H groups in total. The number of fused-ring (bicyclic) bond motifs is 8. The molecule has 6 heterocycles. The van der Waals surface area contributed by atoms with Crippen LogP contribution in [0.1, 0.15) is 67.0 Å². The predicted octanol–water partition coefficient (Wildman–Crippen LogP) is 11.8. The van der Waals surface area contributed by atoms with Crippen molar-refractivity contribution in [2.45, 2.75) is 38.5 Å². The molecule has 0 amide bonds. The molecule has 372 valence electrons. The van der Waals surface area contributed by atoms with Crippen molar-refractivity contribution < 1.29 is 42.1 Å². The molecule has 12 heteroatoms. The molecule has 74 heavy (non-hydrogen) atoms. The monoisotopic (exact) mass is 1320 g/mol. The molecule has 0 saturated heterocycles. The van der Waals surface area contributed by atoms with Crippen molar-refractivity contribution in [3.05, 3.63) is 263 Å². The Morgan fingerprint density at radius 2 is 0.811 bits per heavy atom. The van der Waals surface area contributed by atoms with Gasteiger partial charge in [0.2, 0.25) is 0 Å². The summed E-state index contributed by atoms with van der Waals surface area (Å²) in [5.74, 6) is 1.80. The number of aromatic nitrogens is 6. The first-order chi connectivity index (χ1) is 35.1. The minimum Gasteiger partial charge on any atom is -0.581 e. The molecule has 2 aliphatic heterocycles. The van der Waals surface area contributed by atoms with E-state index in [1.54, 1.807) is 12.4 Å². The van der Waals surface area contributed by atoms with Crippen molar-refractivity contribution in [3.8, 4) is 22.3 Å². The Kier molecular flexibility index (Phi) is 12.4. The minimum atomic E-state index is -0.617. The smallest absolute Gasteiger partial charge is 0.124 e. The van der Waals surface area contributed by atoms with Crippen molar-refractivity contribution in [2.24, 2.45) is 0 Å². The normalized spacial score (nSPS) is 14.7. The molecule has 14 rings (SSSR count). The number of pyridine rings is 2. The van der Waals surface area contributed by atoms with E-state index in [1.165, 1.54) is 66.8 Å². The van der Waals surface area contributed by atoms with Crippen LogP contribution in [0.4, 0.5) is 34.4 Å². The SMILES string of the molecule is Cc1ccc2c(c1)C(c1[c-]c(N3[CH-]N(C)c4cccnc43)ccc1)(c1cc[n-]n1)c1cc(C)ccc1-2.Cc1ccc2c(c1)C(c1[c-]c(N3[CH-]N(C)c4cccnc43)ccc1)(c1cc[n-]n1)c1cc(C)ccc1-2.[Pt].[Pt]. The fourth-order valence-electron chi connectivity index (χ4n) is 11.6. The van der Waals surface area contributed by atoms with Crippen molar-refractivity contribution in [3.63, 3.8) is 0 Å². The summed E-state index contributed by atoms with van der Waals surface area (Å²) in [5.41, 5.74) is 21.3. The maximum Gasteiger partial charge on any atom is 0.124 e. The summed E-state index contributed by atoms with van der Waals surface area (Å²) in [4.78, 5) is 17.7. The van der Waals surface area contributed by atoms with Gasteiger partial charge < -0.3 is 40.0 Å². The number of nitrogens with zero attached hydrogens (tertiary/aromatic N) is 10. The molecule has 10 nitrogen and oxygen atoms in total. The van der Waals surface area contributed by atoms with Crippen LogP contribution in [0.15, 0.2) is 170 Å². The second kappa shape index (κ2) is 18.8. The van der Waals surface area contributed by atoms with Gasteiger partial charge >= 0.3 is 0 Å². The van der Waals surface area contributed by atoms with Gasteiger partial charge in [-0.15, -0.1) is 22.5 Å². The molecule has 0 fully saturated rings. The summed E-state index contributed by atoms with van der Waals surface area (Å²) >= 11 is 0. The molecule has 0 unspecified atom stereocenters. The van der Waals surface area contributed by atoms with Gasteiger partial charge in [0.1, 0.15) is 11.6 Å². The quantitative estimate of drug-likeness (QED) is 0.150. The summed E-state index contributed by atoms with van der Waals surface area (Å²) in [5, 5.41) is 17.9. The largest absolute Gasteiger partial charge is 0.581 e. The average molecular weight is 1320 g/mol. The number of anilines is 6. The van der Waals surface area contributed by atoms with E-state index in [4.69, 9.17) is 0 Å². The molecule has 6 aromatic carbocycles. The van der Waals surface area contributed by atoms with Gasteiger partial charge in [-0.25, -0.2) is 9.97 Å². The van der Waals surface area contributed by atoms with E-state index in [0.29, 0.717) is 0 Å². The van der Waals surface area contributed by atoms with E-state index < -0.39 is 10.8 Å². The zero-order valence-electron chi connectivity index (χ0n) is 41.4. The van der Waals surface area contributed by atoms with Crippen LogP contribution in [0, 0.1) is 53.2 Å². The Morgan fingerprint density at radius 3 is 1.15 bits per heavy atom. The van der Waals surface area contributed by atoms with Gasteiger partial charge in [-0.05, 0) is 111 Å². The molecular weight excluding hydrogens is 1270 g/mol. The second-order valence-electron chi connectivity index (χ2n) is 19.3. The molecule has 0 bridgehead atoms. The van der Waals surface area contributed by atoms with Gasteiger partial charge in [-0.1, -0.05) is 107 Å². The van der Waals surface area contributed by atoms with Crippen LogP contribution in [0.2, 0.25) is 0 Å². The van der Waals surface area contributed by atoms with Crippen molar-refractivity contribution in [1.29, 1.82) is 0 Å². The van der Waals surface area contributed by atoms with Gasteiger partial charge in [-0.3, -0.25) is 0 Å². The number of hydrogen-bond acceptors (Lipinski definition) is 8. The Balaban J connectivity index is 0.000000155. The number of hydrogen-bond donors (Lipinski definition) is 0. The van der Waals surface area contributed by atoms with Crippen LogP contribution >= 0.6 is 0 Å². The summed E-state index contributed by atoms with van der Waals surface area (Å²) in [6.45, 7) is 12.7. The molecule has 0 atom stereocenters. The van der Waals surface area contributed by atoms with E-state index >= 15 is 0 Å². The zero-order valence-corrected chi connectivity index (χ0v) is 46.0. The molecule has 4 aliphatic rings. The second-order valence-corrected chi connectivity index (χ2v) is 19.3. The predicted molar refractivity (Wildman–Crippen MR) is 284 cm³/mol. The maximum atomic E-state index is 4.67. The van der Waals surface area contributed by atoms with Crippen LogP contribution in [0.25, 0.3) is 22.3 Å². The summed E-state index contributed by atoms with van der Waals surface area (Å²) in [6, 6.07) is 59.4. The van der Waals surface area contributed by atoms with E-state index in [2.05, 4.69) is 224 Å². The first-order valence-corrected chi connectivity index (χ1v) is 24.2. The molecule has 2 aliphatic carbocycles. The number of rotatable bonds is 6. The fraction of sp³-hybridized carbons (Fsp3) is 0.129. The minimum absolute atomic E-state index is 0. The van der Waals surface area contributed by atoms with E-state index in [0.717, 1.165) is 56.9 Å². The zero-order chi connectivity index (χ0) is 48.9. The summed E-state index contributed by atoms with van der Waals surface area (Å²) in [7, 11) is 4.08. The van der Waals surface area contributed by atoms with Crippen molar-refractivity contribution in [1.82, 2.24) is 30.4 Å². The third kappa shape index (κ3) is 7.35. The van der Waals surface area contributed by atoms with E-state index in [1.807, 2.05) is 50.8 Å². The Labute approximate surface area is 461 Å². The number of benzene rings is 6. The van der Waals surface area contributed by atoms with Crippen LogP contribution in [-0.2, 0) is 53.0 Å². The topological polar surface area (TPSA) is 92.7 Å². The molecule has 0 radical (unpaired) electrons. The first kappa shape index (κ1) is 48.9. The van der Waals surface area contributed by atoms with Crippen LogP contribution in [0.5, 0.6) is 0 Å². The van der Waals surface area contributed by atoms with Gasteiger partial charge in [-0.2, -0.15) is 74.3 Å². The third-order valence-electron chi connectivity index (χ3n) is 14.8. The maximum absolute atomic E-state index is 4.67.